The molecular formula is C22H24N2O3. The van der Waals surface area contributed by atoms with Crippen molar-refractivity contribution in [1.82, 2.24) is 4.90 Å². The number of aromatic hydroxyl groups is 1. The molecule has 3 aromatic rings. The van der Waals surface area contributed by atoms with Gasteiger partial charge in [-0.15, -0.1) is 0 Å². The molecule has 4 rings (SSSR count). The van der Waals surface area contributed by atoms with Gasteiger partial charge < -0.3 is 14.4 Å². The van der Waals surface area contributed by atoms with E-state index in [2.05, 4.69) is 28.9 Å². The van der Waals surface area contributed by atoms with Crippen LogP contribution in [0.1, 0.15) is 18.1 Å². The van der Waals surface area contributed by atoms with Crippen molar-refractivity contribution in [1.29, 1.82) is 0 Å². The highest BCUT2D eigenvalue weighted by molar-refractivity contribution is 5.80. The number of benzene rings is 2. The Labute approximate surface area is 158 Å². The Balaban J connectivity index is 1.51. The van der Waals surface area contributed by atoms with Gasteiger partial charge in [-0.3, -0.25) is 4.90 Å². The number of para-hydroxylation sites is 2. The van der Waals surface area contributed by atoms with Gasteiger partial charge in [0.2, 0.25) is 0 Å². The second-order valence-corrected chi connectivity index (χ2v) is 7.03. The van der Waals surface area contributed by atoms with E-state index in [4.69, 9.17) is 4.42 Å². The lowest BCUT2D eigenvalue weighted by molar-refractivity contribution is 0.249. The molecule has 1 saturated heterocycles. The fourth-order valence-electron chi connectivity index (χ4n) is 3.74. The molecule has 0 spiro atoms. The Kier molecular flexibility index (Phi) is 4.86. The molecular weight excluding hydrogens is 340 g/mol. The summed E-state index contributed by atoms with van der Waals surface area (Å²) in [6.45, 7) is 6.26. The van der Waals surface area contributed by atoms with Gasteiger partial charge in [0.25, 0.3) is 0 Å². The summed E-state index contributed by atoms with van der Waals surface area (Å²) in [5.41, 5.74) is 3.44. The lowest BCUT2D eigenvalue weighted by Crippen LogP contribution is -2.46. The van der Waals surface area contributed by atoms with E-state index < -0.39 is 0 Å². The lowest BCUT2D eigenvalue weighted by atomic mass is 10.1. The number of phenols is 1. The smallest absolute Gasteiger partial charge is 0.336 e. The maximum absolute atomic E-state index is 12.0. The second kappa shape index (κ2) is 7.45. The monoisotopic (exact) mass is 364 g/mol. The summed E-state index contributed by atoms with van der Waals surface area (Å²) in [5.74, 6) is 0.323. The van der Waals surface area contributed by atoms with Crippen LogP contribution in [0.15, 0.2) is 57.7 Å². The Morgan fingerprint density at radius 1 is 1.04 bits per heavy atom. The van der Waals surface area contributed by atoms with E-state index in [1.807, 2.05) is 24.3 Å². The standard InChI is InChI=1S/C22H24N2O3/c1-2-16-7-8-18-17(14-22(26)27-21(18)13-16)15-23-9-11-24(12-10-23)19-5-3-4-6-20(19)25/h3-8,13-14,25H,2,9-12,15H2,1H3. The molecule has 140 valence electrons. The minimum Gasteiger partial charge on any atom is -0.506 e. The zero-order valence-electron chi connectivity index (χ0n) is 15.5. The summed E-state index contributed by atoms with van der Waals surface area (Å²) >= 11 is 0. The van der Waals surface area contributed by atoms with Crippen LogP contribution in [0.5, 0.6) is 5.75 Å². The number of nitrogens with zero attached hydrogens (tertiary/aromatic N) is 2. The first-order chi connectivity index (χ1) is 13.1. The molecule has 0 unspecified atom stereocenters. The lowest BCUT2D eigenvalue weighted by Gasteiger charge is -2.36. The number of rotatable bonds is 4. The quantitative estimate of drug-likeness (QED) is 0.719. The molecule has 1 aliphatic rings. The van der Waals surface area contributed by atoms with E-state index in [1.165, 1.54) is 5.56 Å². The van der Waals surface area contributed by atoms with Crippen molar-refractivity contribution in [3.05, 3.63) is 70.1 Å². The van der Waals surface area contributed by atoms with Gasteiger partial charge in [-0.25, -0.2) is 4.79 Å². The topological polar surface area (TPSA) is 56.9 Å². The predicted molar refractivity (Wildman–Crippen MR) is 107 cm³/mol. The van der Waals surface area contributed by atoms with Gasteiger partial charge in [-0.2, -0.15) is 0 Å². The Morgan fingerprint density at radius 2 is 1.81 bits per heavy atom. The van der Waals surface area contributed by atoms with Crippen LogP contribution >= 0.6 is 0 Å². The number of piperazine rings is 1. The van der Waals surface area contributed by atoms with Crippen molar-refractivity contribution in [2.24, 2.45) is 0 Å². The first kappa shape index (κ1) is 17.6. The molecule has 1 fully saturated rings. The minimum atomic E-state index is -0.293. The number of fused-ring (bicyclic) bond motifs is 1. The third-order valence-electron chi connectivity index (χ3n) is 5.29. The van der Waals surface area contributed by atoms with Crippen LogP contribution in [0.4, 0.5) is 5.69 Å². The Morgan fingerprint density at radius 3 is 2.56 bits per heavy atom. The summed E-state index contributed by atoms with van der Waals surface area (Å²) in [5, 5.41) is 11.1. The number of hydrogen-bond donors (Lipinski definition) is 1. The van der Waals surface area contributed by atoms with Gasteiger partial charge in [-0.1, -0.05) is 31.2 Å². The number of aryl methyl sites for hydroxylation is 1. The highest BCUT2D eigenvalue weighted by atomic mass is 16.4. The van der Waals surface area contributed by atoms with E-state index in [-0.39, 0.29) is 5.63 Å². The number of anilines is 1. The van der Waals surface area contributed by atoms with Gasteiger partial charge in [0.1, 0.15) is 11.3 Å². The van der Waals surface area contributed by atoms with Gasteiger partial charge in [0.05, 0.1) is 5.69 Å². The SMILES string of the molecule is CCc1ccc2c(CN3CCN(c4ccccc4O)CC3)cc(=O)oc2c1. The maximum Gasteiger partial charge on any atom is 0.336 e. The van der Waals surface area contributed by atoms with Gasteiger partial charge in [-0.05, 0) is 35.7 Å². The van der Waals surface area contributed by atoms with Crippen LogP contribution in [0.3, 0.4) is 0 Å². The average Bonchev–Trinajstić information content (AvgIpc) is 2.68. The van der Waals surface area contributed by atoms with Crippen molar-refractivity contribution in [2.75, 3.05) is 31.1 Å². The summed E-state index contributed by atoms with van der Waals surface area (Å²) in [6.07, 6.45) is 0.915. The van der Waals surface area contributed by atoms with Gasteiger partial charge >= 0.3 is 5.63 Å². The number of phenolic OH excluding ortho intramolecular Hbond substituents is 1. The van der Waals surface area contributed by atoms with Crippen molar-refractivity contribution < 1.29 is 9.52 Å². The van der Waals surface area contributed by atoms with Crippen LogP contribution in [-0.4, -0.2) is 36.2 Å². The highest BCUT2D eigenvalue weighted by Crippen LogP contribution is 2.28. The van der Waals surface area contributed by atoms with Crippen LogP contribution < -0.4 is 10.5 Å². The van der Waals surface area contributed by atoms with Crippen molar-refractivity contribution in [3.8, 4) is 5.75 Å². The molecule has 0 radical (unpaired) electrons. The Bertz CT molecular complexity index is 1000. The maximum atomic E-state index is 12.0. The highest BCUT2D eigenvalue weighted by Gasteiger charge is 2.20. The van der Waals surface area contributed by atoms with Crippen LogP contribution in [-0.2, 0) is 13.0 Å². The molecule has 5 nitrogen and oxygen atoms in total. The van der Waals surface area contributed by atoms with E-state index >= 15 is 0 Å². The van der Waals surface area contributed by atoms with Gasteiger partial charge in [0, 0.05) is 44.2 Å². The van der Waals surface area contributed by atoms with Crippen molar-refractivity contribution >= 4 is 16.7 Å². The van der Waals surface area contributed by atoms with Crippen molar-refractivity contribution in [2.45, 2.75) is 19.9 Å². The van der Waals surface area contributed by atoms with E-state index in [9.17, 15) is 9.90 Å². The largest absolute Gasteiger partial charge is 0.506 e. The molecule has 0 atom stereocenters. The zero-order chi connectivity index (χ0) is 18.8. The minimum absolute atomic E-state index is 0.293. The summed E-state index contributed by atoms with van der Waals surface area (Å²) < 4.78 is 5.41. The van der Waals surface area contributed by atoms with Crippen LogP contribution in [0.25, 0.3) is 11.0 Å². The molecule has 0 amide bonds. The van der Waals surface area contributed by atoms with E-state index in [0.717, 1.165) is 55.8 Å². The fourth-order valence-corrected chi connectivity index (χ4v) is 3.74. The molecule has 0 aliphatic carbocycles. The molecule has 2 aromatic carbocycles. The molecule has 2 heterocycles. The third-order valence-corrected chi connectivity index (χ3v) is 5.29. The van der Waals surface area contributed by atoms with E-state index in [1.54, 1.807) is 12.1 Å². The average molecular weight is 364 g/mol. The predicted octanol–water partition coefficient (Wildman–Crippen LogP) is 3.38. The normalized spacial score (nSPS) is 15.4. The first-order valence-electron chi connectivity index (χ1n) is 9.45. The zero-order valence-corrected chi connectivity index (χ0v) is 15.5. The van der Waals surface area contributed by atoms with Crippen LogP contribution in [0.2, 0.25) is 0 Å². The third kappa shape index (κ3) is 3.69. The summed E-state index contributed by atoms with van der Waals surface area (Å²) in [7, 11) is 0. The molecule has 0 saturated carbocycles. The molecule has 5 heteroatoms. The summed E-state index contributed by atoms with van der Waals surface area (Å²) in [6, 6.07) is 15.2. The molecule has 1 aliphatic heterocycles. The first-order valence-corrected chi connectivity index (χ1v) is 9.45. The van der Waals surface area contributed by atoms with Crippen LogP contribution in [0, 0.1) is 0 Å². The van der Waals surface area contributed by atoms with Gasteiger partial charge in [0.15, 0.2) is 0 Å². The Hall–Kier alpha value is -2.79. The molecule has 1 aromatic heterocycles. The summed E-state index contributed by atoms with van der Waals surface area (Å²) in [4.78, 5) is 16.5. The molecule has 0 bridgehead atoms. The van der Waals surface area contributed by atoms with E-state index in [0.29, 0.717) is 11.3 Å². The fraction of sp³-hybridized carbons (Fsp3) is 0.318. The second-order valence-electron chi connectivity index (χ2n) is 7.03. The van der Waals surface area contributed by atoms with Crippen molar-refractivity contribution in [3.63, 3.8) is 0 Å². The number of hydrogen-bond acceptors (Lipinski definition) is 5. The molecule has 1 N–H and O–H groups in total. The molecule has 27 heavy (non-hydrogen) atoms.